The average molecular weight is 436 g/mol. The van der Waals surface area contributed by atoms with Crippen LogP contribution in [0.2, 0.25) is 0 Å². The molecule has 4 rings (SSSR count). The molecule has 0 atom stereocenters. The number of methoxy groups -OCH3 is 1. The number of halogens is 1. The maximum Gasteiger partial charge on any atom is 0.196 e. The summed E-state index contributed by atoms with van der Waals surface area (Å²) in [6.45, 7) is 2.56. The Morgan fingerprint density at radius 3 is 2.35 bits per heavy atom. The van der Waals surface area contributed by atoms with Crippen molar-refractivity contribution in [2.75, 3.05) is 13.7 Å². The van der Waals surface area contributed by atoms with Gasteiger partial charge in [-0.2, -0.15) is 0 Å². The second-order valence-electron chi connectivity index (χ2n) is 6.72. The zero-order valence-corrected chi connectivity index (χ0v) is 18.1. The van der Waals surface area contributed by atoms with Crippen molar-refractivity contribution in [3.8, 4) is 28.6 Å². The Labute approximate surface area is 184 Å². The van der Waals surface area contributed by atoms with Crippen LogP contribution in [0.4, 0.5) is 4.39 Å². The molecular formula is C24H22FN3O2S. The average Bonchev–Trinajstić information content (AvgIpc) is 3.22. The standard InChI is InChI=1S/C24H22FN3O2S/c1-3-30-22-13-9-20(10-14-22)28-23(18-7-11-21(29-2)12-8-18)26-27-24(28)31-16-17-5-4-6-19(25)15-17/h4-15H,3,16H2,1-2H3. The summed E-state index contributed by atoms with van der Waals surface area (Å²) in [6.07, 6.45) is 0. The highest BCUT2D eigenvalue weighted by atomic mass is 32.2. The zero-order chi connectivity index (χ0) is 21.6. The molecule has 0 bridgehead atoms. The Kier molecular flexibility index (Phi) is 6.52. The van der Waals surface area contributed by atoms with E-state index >= 15 is 0 Å². The molecule has 0 aliphatic rings. The minimum Gasteiger partial charge on any atom is -0.497 e. The van der Waals surface area contributed by atoms with Crippen LogP contribution in [0.5, 0.6) is 11.5 Å². The predicted molar refractivity (Wildman–Crippen MR) is 120 cm³/mol. The monoisotopic (exact) mass is 435 g/mol. The van der Waals surface area contributed by atoms with Crippen molar-refractivity contribution >= 4 is 11.8 Å². The third-order valence-electron chi connectivity index (χ3n) is 4.64. The molecule has 0 spiro atoms. The lowest BCUT2D eigenvalue weighted by Crippen LogP contribution is -2.00. The van der Waals surface area contributed by atoms with Crippen molar-refractivity contribution in [3.63, 3.8) is 0 Å². The number of ether oxygens (including phenoxy) is 2. The first-order valence-electron chi connectivity index (χ1n) is 9.88. The summed E-state index contributed by atoms with van der Waals surface area (Å²) >= 11 is 1.51. The molecule has 0 unspecified atom stereocenters. The normalized spacial score (nSPS) is 10.8. The van der Waals surface area contributed by atoms with Crippen LogP contribution in [-0.4, -0.2) is 28.5 Å². The first kappa shape index (κ1) is 20.9. The van der Waals surface area contributed by atoms with Gasteiger partial charge in [0, 0.05) is 17.0 Å². The van der Waals surface area contributed by atoms with Crippen LogP contribution in [0.1, 0.15) is 12.5 Å². The van der Waals surface area contributed by atoms with E-state index in [1.807, 2.05) is 66.1 Å². The zero-order valence-electron chi connectivity index (χ0n) is 17.3. The molecule has 0 saturated heterocycles. The van der Waals surface area contributed by atoms with Crippen LogP contribution in [0, 0.1) is 5.82 Å². The number of hydrogen-bond acceptors (Lipinski definition) is 5. The van der Waals surface area contributed by atoms with Crippen molar-refractivity contribution in [2.24, 2.45) is 0 Å². The largest absolute Gasteiger partial charge is 0.497 e. The topological polar surface area (TPSA) is 49.2 Å². The van der Waals surface area contributed by atoms with Gasteiger partial charge in [0.2, 0.25) is 0 Å². The maximum atomic E-state index is 13.6. The summed E-state index contributed by atoms with van der Waals surface area (Å²) in [5, 5.41) is 9.60. The minimum absolute atomic E-state index is 0.245. The van der Waals surface area contributed by atoms with E-state index in [2.05, 4.69) is 10.2 Å². The number of rotatable bonds is 8. The Morgan fingerprint density at radius 1 is 0.935 bits per heavy atom. The van der Waals surface area contributed by atoms with Crippen molar-refractivity contribution in [1.29, 1.82) is 0 Å². The van der Waals surface area contributed by atoms with Crippen molar-refractivity contribution in [3.05, 3.63) is 84.2 Å². The van der Waals surface area contributed by atoms with Gasteiger partial charge in [0.05, 0.1) is 13.7 Å². The van der Waals surface area contributed by atoms with Gasteiger partial charge in [-0.25, -0.2) is 4.39 Å². The van der Waals surface area contributed by atoms with Gasteiger partial charge in [0.25, 0.3) is 0 Å². The van der Waals surface area contributed by atoms with Gasteiger partial charge in [0.15, 0.2) is 11.0 Å². The van der Waals surface area contributed by atoms with E-state index in [9.17, 15) is 4.39 Å². The van der Waals surface area contributed by atoms with E-state index in [1.54, 1.807) is 13.2 Å². The molecule has 0 amide bonds. The lowest BCUT2D eigenvalue weighted by atomic mass is 10.2. The molecule has 158 valence electrons. The van der Waals surface area contributed by atoms with Gasteiger partial charge in [-0.1, -0.05) is 23.9 Å². The molecule has 0 saturated carbocycles. The summed E-state index contributed by atoms with van der Waals surface area (Å²) in [5.41, 5.74) is 2.72. The molecule has 7 heteroatoms. The minimum atomic E-state index is -0.245. The Hall–Kier alpha value is -3.32. The van der Waals surface area contributed by atoms with Gasteiger partial charge in [-0.15, -0.1) is 10.2 Å². The molecule has 0 N–H and O–H groups in total. The molecule has 4 aromatic rings. The summed E-state index contributed by atoms with van der Waals surface area (Å²) < 4.78 is 26.4. The fourth-order valence-electron chi connectivity index (χ4n) is 3.16. The molecule has 3 aromatic carbocycles. The van der Waals surface area contributed by atoms with Gasteiger partial charge in [-0.3, -0.25) is 4.57 Å². The molecule has 0 fully saturated rings. The molecule has 1 aromatic heterocycles. The fraction of sp³-hybridized carbons (Fsp3) is 0.167. The van der Waals surface area contributed by atoms with Crippen LogP contribution in [0.3, 0.4) is 0 Å². The second-order valence-corrected chi connectivity index (χ2v) is 7.66. The number of nitrogens with zero attached hydrogens (tertiary/aromatic N) is 3. The molecule has 0 aliphatic heterocycles. The molecule has 0 radical (unpaired) electrons. The molecule has 5 nitrogen and oxygen atoms in total. The third kappa shape index (κ3) is 4.88. The van der Waals surface area contributed by atoms with Crippen LogP contribution in [-0.2, 0) is 5.75 Å². The quantitative estimate of drug-likeness (QED) is 0.329. The van der Waals surface area contributed by atoms with E-state index in [0.29, 0.717) is 18.2 Å². The smallest absolute Gasteiger partial charge is 0.196 e. The third-order valence-corrected chi connectivity index (χ3v) is 5.64. The lowest BCUT2D eigenvalue weighted by Gasteiger charge is -2.12. The highest BCUT2D eigenvalue weighted by molar-refractivity contribution is 7.98. The van der Waals surface area contributed by atoms with Gasteiger partial charge < -0.3 is 9.47 Å². The Morgan fingerprint density at radius 2 is 1.68 bits per heavy atom. The van der Waals surface area contributed by atoms with Crippen LogP contribution < -0.4 is 9.47 Å². The van der Waals surface area contributed by atoms with E-state index in [-0.39, 0.29) is 5.82 Å². The highest BCUT2D eigenvalue weighted by Gasteiger charge is 2.17. The Balaban J connectivity index is 1.70. The van der Waals surface area contributed by atoms with Crippen LogP contribution >= 0.6 is 11.8 Å². The number of thioether (sulfide) groups is 1. The summed E-state index contributed by atoms with van der Waals surface area (Å²) in [6, 6.07) is 22.1. The summed E-state index contributed by atoms with van der Waals surface area (Å²) in [4.78, 5) is 0. The molecule has 31 heavy (non-hydrogen) atoms. The van der Waals surface area contributed by atoms with E-state index < -0.39 is 0 Å². The second kappa shape index (κ2) is 9.66. The molecule has 0 aliphatic carbocycles. The highest BCUT2D eigenvalue weighted by Crippen LogP contribution is 2.31. The van der Waals surface area contributed by atoms with Crippen molar-refractivity contribution in [2.45, 2.75) is 17.8 Å². The van der Waals surface area contributed by atoms with E-state index in [4.69, 9.17) is 9.47 Å². The van der Waals surface area contributed by atoms with Gasteiger partial charge in [-0.05, 0) is 73.2 Å². The SMILES string of the molecule is CCOc1ccc(-n2c(SCc3cccc(F)c3)nnc2-c2ccc(OC)cc2)cc1. The number of hydrogen-bond donors (Lipinski definition) is 0. The molecule has 1 heterocycles. The number of benzene rings is 3. The van der Waals surface area contributed by atoms with Crippen molar-refractivity contribution in [1.82, 2.24) is 14.8 Å². The van der Waals surface area contributed by atoms with Crippen molar-refractivity contribution < 1.29 is 13.9 Å². The fourth-order valence-corrected chi connectivity index (χ4v) is 4.05. The summed E-state index contributed by atoms with van der Waals surface area (Å²) in [7, 11) is 1.64. The first-order valence-corrected chi connectivity index (χ1v) is 10.9. The van der Waals surface area contributed by atoms with Crippen LogP contribution in [0.15, 0.2) is 78.0 Å². The molecular weight excluding hydrogens is 413 g/mol. The van der Waals surface area contributed by atoms with Crippen LogP contribution in [0.25, 0.3) is 17.1 Å². The van der Waals surface area contributed by atoms with E-state index in [0.717, 1.165) is 33.5 Å². The van der Waals surface area contributed by atoms with Gasteiger partial charge >= 0.3 is 0 Å². The first-order chi connectivity index (χ1) is 15.2. The maximum absolute atomic E-state index is 13.6. The van der Waals surface area contributed by atoms with E-state index in [1.165, 1.54) is 23.9 Å². The predicted octanol–water partition coefficient (Wildman–Crippen LogP) is 5.77. The van der Waals surface area contributed by atoms with Gasteiger partial charge in [0.1, 0.15) is 17.3 Å². The summed E-state index contributed by atoms with van der Waals surface area (Å²) in [5.74, 6) is 2.63. The number of aromatic nitrogens is 3. The lowest BCUT2D eigenvalue weighted by molar-refractivity contribution is 0.340. The Bertz CT molecular complexity index is 1140.